The SMILES string of the molecule is C[C@@H]1C[C@H](NC(=O)O)C[C@H](c2ccncc2NC(=O)c2ccc(F)c(Br)n2)C1. The van der Waals surface area contributed by atoms with E-state index in [9.17, 15) is 14.0 Å². The van der Waals surface area contributed by atoms with E-state index in [1.165, 1.54) is 12.1 Å². The number of carbonyl (C=O) groups excluding carboxylic acids is 1. The van der Waals surface area contributed by atoms with E-state index in [0.29, 0.717) is 18.0 Å². The average Bonchev–Trinajstić information content (AvgIpc) is 2.63. The summed E-state index contributed by atoms with van der Waals surface area (Å²) in [6, 6.07) is 4.17. The van der Waals surface area contributed by atoms with Crippen LogP contribution in [0.4, 0.5) is 14.9 Å². The van der Waals surface area contributed by atoms with Crippen molar-refractivity contribution < 1.29 is 19.1 Å². The first-order valence-electron chi connectivity index (χ1n) is 8.90. The molecule has 28 heavy (non-hydrogen) atoms. The Morgan fingerprint density at radius 2 is 2.04 bits per heavy atom. The molecule has 0 radical (unpaired) electrons. The normalized spacial score (nSPS) is 21.8. The smallest absolute Gasteiger partial charge is 0.404 e. The van der Waals surface area contributed by atoms with E-state index < -0.39 is 17.8 Å². The van der Waals surface area contributed by atoms with Crippen LogP contribution in [0.2, 0.25) is 0 Å². The molecule has 0 spiro atoms. The number of nitrogens with one attached hydrogen (secondary N) is 2. The Hall–Kier alpha value is -2.55. The standard InChI is InChI=1S/C19H20BrFN4O3/c1-10-6-11(8-12(7-10)23-19(27)28)13-4-5-22-9-16(13)25-18(26)15-3-2-14(21)17(20)24-15/h2-5,9-12,23H,6-8H2,1H3,(H,25,26)(H,27,28)/t10-,11+,12-/m0/s1. The summed E-state index contributed by atoms with van der Waals surface area (Å²) in [4.78, 5) is 31.6. The number of hydrogen-bond donors (Lipinski definition) is 3. The van der Waals surface area contributed by atoms with Crippen molar-refractivity contribution in [2.75, 3.05) is 5.32 Å². The number of pyridine rings is 2. The van der Waals surface area contributed by atoms with Crippen LogP contribution in [0.15, 0.2) is 35.2 Å². The molecule has 7 nitrogen and oxygen atoms in total. The molecule has 2 aromatic rings. The summed E-state index contributed by atoms with van der Waals surface area (Å²) in [7, 11) is 0. The zero-order valence-electron chi connectivity index (χ0n) is 15.2. The third-order valence-electron chi connectivity index (χ3n) is 4.85. The fourth-order valence-electron chi connectivity index (χ4n) is 3.75. The van der Waals surface area contributed by atoms with Gasteiger partial charge in [-0.1, -0.05) is 6.92 Å². The van der Waals surface area contributed by atoms with Crippen LogP contribution in [0.5, 0.6) is 0 Å². The molecule has 0 saturated heterocycles. The van der Waals surface area contributed by atoms with Crippen LogP contribution >= 0.6 is 15.9 Å². The van der Waals surface area contributed by atoms with Crippen LogP contribution in [-0.2, 0) is 0 Å². The van der Waals surface area contributed by atoms with Crippen LogP contribution in [0.25, 0.3) is 0 Å². The lowest BCUT2D eigenvalue weighted by molar-refractivity contribution is 0.102. The summed E-state index contributed by atoms with van der Waals surface area (Å²) < 4.78 is 13.3. The fraction of sp³-hybridized carbons (Fsp3) is 0.368. The minimum Gasteiger partial charge on any atom is -0.465 e. The number of anilines is 1. The predicted molar refractivity (Wildman–Crippen MR) is 105 cm³/mol. The van der Waals surface area contributed by atoms with Crippen molar-refractivity contribution in [2.45, 2.75) is 38.1 Å². The highest BCUT2D eigenvalue weighted by Gasteiger charge is 2.30. The Kier molecular flexibility index (Phi) is 6.23. The van der Waals surface area contributed by atoms with Crippen LogP contribution in [-0.4, -0.2) is 33.1 Å². The maximum absolute atomic E-state index is 13.4. The first-order chi connectivity index (χ1) is 13.3. The van der Waals surface area contributed by atoms with Crippen LogP contribution in [0, 0.1) is 11.7 Å². The van der Waals surface area contributed by atoms with Crippen LogP contribution in [0.1, 0.15) is 48.2 Å². The van der Waals surface area contributed by atoms with Gasteiger partial charge in [0.2, 0.25) is 0 Å². The number of halogens is 2. The molecule has 0 bridgehead atoms. The molecule has 2 amide bonds. The van der Waals surface area contributed by atoms with Gasteiger partial charge in [0.25, 0.3) is 5.91 Å². The van der Waals surface area contributed by atoms with Gasteiger partial charge in [-0.25, -0.2) is 14.2 Å². The number of aromatic nitrogens is 2. The third-order valence-corrected chi connectivity index (χ3v) is 5.41. The molecule has 0 unspecified atom stereocenters. The number of amides is 2. The van der Waals surface area contributed by atoms with Crippen molar-refractivity contribution in [3.05, 3.63) is 52.3 Å². The van der Waals surface area contributed by atoms with Gasteiger partial charge in [0.15, 0.2) is 5.82 Å². The molecule has 148 valence electrons. The van der Waals surface area contributed by atoms with E-state index in [0.717, 1.165) is 18.4 Å². The van der Waals surface area contributed by atoms with Crippen molar-refractivity contribution in [1.82, 2.24) is 15.3 Å². The average molecular weight is 451 g/mol. The summed E-state index contributed by atoms with van der Waals surface area (Å²) in [6.07, 6.45) is 4.48. The summed E-state index contributed by atoms with van der Waals surface area (Å²) in [5, 5.41) is 14.4. The Bertz CT molecular complexity index is 895. The Morgan fingerprint density at radius 3 is 2.75 bits per heavy atom. The number of nitrogens with zero attached hydrogens (tertiary/aromatic N) is 2. The lowest BCUT2D eigenvalue weighted by Crippen LogP contribution is -2.39. The highest BCUT2D eigenvalue weighted by molar-refractivity contribution is 9.10. The largest absolute Gasteiger partial charge is 0.465 e. The third kappa shape index (κ3) is 4.83. The van der Waals surface area contributed by atoms with Gasteiger partial charge < -0.3 is 15.7 Å². The van der Waals surface area contributed by atoms with Crippen molar-refractivity contribution >= 4 is 33.6 Å². The summed E-state index contributed by atoms with van der Waals surface area (Å²) in [5.74, 6) is -0.611. The molecular weight excluding hydrogens is 431 g/mol. The van der Waals surface area contributed by atoms with Crippen LogP contribution < -0.4 is 10.6 Å². The maximum atomic E-state index is 13.4. The first kappa shape index (κ1) is 20.2. The van der Waals surface area contributed by atoms with Gasteiger partial charge >= 0.3 is 6.09 Å². The van der Waals surface area contributed by atoms with Crippen molar-refractivity contribution in [2.24, 2.45) is 5.92 Å². The Balaban J connectivity index is 1.81. The molecule has 2 aromatic heterocycles. The molecule has 0 aliphatic heterocycles. The lowest BCUT2D eigenvalue weighted by Gasteiger charge is -2.34. The summed E-state index contributed by atoms with van der Waals surface area (Å²) >= 11 is 2.98. The quantitative estimate of drug-likeness (QED) is 0.606. The monoisotopic (exact) mass is 450 g/mol. The molecule has 3 rings (SSSR count). The molecule has 1 aliphatic carbocycles. The minimum atomic E-state index is -1.03. The van der Waals surface area contributed by atoms with E-state index in [1.54, 1.807) is 12.4 Å². The highest BCUT2D eigenvalue weighted by atomic mass is 79.9. The minimum absolute atomic E-state index is 0.0322. The van der Waals surface area contributed by atoms with Gasteiger partial charge in [-0.15, -0.1) is 0 Å². The predicted octanol–water partition coefficient (Wildman–Crippen LogP) is 4.17. The van der Waals surface area contributed by atoms with E-state index in [2.05, 4.69) is 43.5 Å². The molecule has 3 atom stereocenters. The van der Waals surface area contributed by atoms with Gasteiger partial charge in [-0.05, 0) is 70.8 Å². The van der Waals surface area contributed by atoms with E-state index in [4.69, 9.17) is 5.11 Å². The molecular formula is C19H20BrFN4O3. The zero-order valence-corrected chi connectivity index (χ0v) is 16.7. The lowest BCUT2D eigenvalue weighted by atomic mass is 9.76. The number of carboxylic acid groups (broad SMARTS) is 1. The van der Waals surface area contributed by atoms with Crippen molar-refractivity contribution in [1.29, 1.82) is 0 Å². The Labute approximate surface area is 169 Å². The molecule has 1 fully saturated rings. The second kappa shape index (κ2) is 8.64. The van der Waals surface area contributed by atoms with Gasteiger partial charge in [0, 0.05) is 12.2 Å². The molecule has 2 heterocycles. The summed E-state index contributed by atoms with van der Waals surface area (Å²) in [5.41, 5.74) is 1.52. The van der Waals surface area contributed by atoms with E-state index in [1.807, 2.05) is 6.07 Å². The molecule has 1 saturated carbocycles. The van der Waals surface area contributed by atoms with E-state index >= 15 is 0 Å². The molecule has 1 aliphatic rings. The summed E-state index contributed by atoms with van der Waals surface area (Å²) in [6.45, 7) is 2.09. The number of hydrogen-bond acceptors (Lipinski definition) is 4. The number of rotatable bonds is 4. The van der Waals surface area contributed by atoms with Crippen LogP contribution in [0.3, 0.4) is 0 Å². The Morgan fingerprint density at radius 1 is 1.25 bits per heavy atom. The van der Waals surface area contributed by atoms with Crippen molar-refractivity contribution in [3.8, 4) is 0 Å². The second-order valence-electron chi connectivity index (χ2n) is 7.04. The van der Waals surface area contributed by atoms with Gasteiger partial charge in [-0.3, -0.25) is 9.78 Å². The van der Waals surface area contributed by atoms with Crippen molar-refractivity contribution in [3.63, 3.8) is 0 Å². The molecule has 0 aromatic carbocycles. The van der Waals surface area contributed by atoms with E-state index in [-0.39, 0.29) is 22.3 Å². The fourth-order valence-corrected chi connectivity index (χ4v) is 4.07. The van der Waals surface area contributed by atoms with Gasteiger partial charge in [-0.2, -0.15) is 0 Å². The zero-order chi connectivity index (χ0) is 20.3. The molecule has 9 heteroatoms. The van der Waals surface area contributed by atoms with Gasteiger partial charge in [0.1, 0.15) is 10.3 Å². The molecule has 3 N–H and O–H groups in total. The second-order valence-corrected chi connectivity index (χ2v) is 7.79. The topological polar surface area (TPSA) is 104 Å². The highest BCUT2D eigenvalue weighted by Crippen LogP contribution is 2.39. The first-order valence-corrected chi connectivity index (χ1v) is 9.69. The maximum Gasteiger partial charge on any atom is 0.404 e. The number of carbonyl (C=O) groups is 2. The van der Waals surface area contributed by atoms with Gasteiger partial charge in [0.05, 0.1) is 11.9 Å².